The topological polar surface area (TPSA) is 88.6 Å². The van der Waals surface area contributed by atoms with Crippen LogP contribution in [0, 0.1) is 11.7 Å². The fourth-order valence-electron chi connectivity index (χ4n) is 3.51. The van der Waals surface area contributed by atoms with Crippen molar-refractivity contribution in [2.75, 3.05) is 18.4 Å². The Bertz CT molecular complexity index is 1160. The van der Waals surface area contributed by atoms with Gasteiger partial charge >= 0.3 is 0 Å². The number of amides is 1. The molecule has 1 saturated heterocycles. The standard InChI is InChI=1S/C23H22FN3O4S/c24-18-1-7-22(8-2-18)32(29,30)27-15-11-17(12-16-27)23(28)26-19-3-5-20(6-4-19)31-21-9-13-25-14-10-21/h1-10,13-14,17H,11-12,15-16H2,(H,26,28). The molecule has 4 rings (SSSR count). The molecule has 2 heterocycles. The number of hydrogen-bond acceptors (Lipinski definition) is 5. The minimum atomic E-state index is -3.70. The molecular formula is C23H22FN3O4S. The fourth-order valence-corrected chi connectivity index (χ4v) is 4.98. The van der Waals surface area contributed by atoms with Gasteiger partial charge in [0.2, 0.25) is 15.9 Å². The van der Waals surface area contributed by atoms with E-state index in [4.69, 9.17) is 4.74 Å². The number of anilines is 1. The highest BCUT2D eigenvalue weighted by atomic mass is 32.2. The van der Waals surface area contributed by atoms with Crippen LogP contribution >= 0.6 is 0 Å². The monoisotopic (exact) mass is 455 g/mol. The van der Waals surface area contributed by atoms with E-state index in [9.17, 15) is 17.6 Å². The highest BCUT2D eigenvalue weighted by Gasteiger charge is 2.32. The lowest BCUT2D eigenvalue weighted by atomic mass is 9.97. The molecule has 1 aliphatic rings. The van der Waals surface area contributed by atoms with Gasteiger partial charge in [0.25, 0.3) is 0 Å². The van der Waals surface area contributed by atoms with Gasteiger partial charge in [-0.3, -0.25) is 9.78 Å². The van der Waals surface area contributed by atoms with Gasteiger partial charge in [-0.05, 0) is 73.5 Å². The third kappa shape index (κ3) is 5.12. The van der Waals surface area contributed by atoms with Crippen molar-refractivity contribution in [1.82, 2.24) is 9.29 Å². The van der Waals surface area contributed by atoms with Crippen molar-refractivity contribution >= 4 is 21.6 Å². The number of sulfonamides is 1. The quantitative estimate of drug-likeness (QED) is 0.606. The molecule has 7 nitrogen and oxygen atoms in total. The Morgan fingerprint density at radius 2 is 1.53 bits per heavy atom. The van der Waals surface area contributed by atoms with E-state index in [1.165, 1.54) is 16.4 Å². The van der Waals surface area contributed by atoms with Crippen LogP contribution < -0.4 is 10.1 Å². The minimum Gasteiger partial charge on any atom is -0.457 e. The van der Waals surface area contributed by atoms with Crippen LogP contribution in [0.4, 0.5) is 10.1 Å². The zero-order valence-electron chi connectivity index (χ0n) is 17.1. The van der Waals surface area contributed by atoms with Crippen molar-refractivity contribution in [1.29, 1.82) is 0 Å². The average molecular weight is 456 g/mol. The van der Waals surface area contributed by atoms with E-state index >= 15 is 0 Å². The van der Waals surface area contributed by atoms with Crippen molar-refractivity contribution < 1.29 is 22.3 Å². The summed E-state index contributed by atoms with van der Waals surface area (Å²) in [6, 6.07) is 15.3. The van der Waals surface area contributed by atoms with E-state index in [0.717, 1.165) is 12.1 Å². The summed E-state index contributed by atoms with van der Waals surface area (Å²) >= 11 is 0. The molecule has 3 aromatic rings. The first-order valence-corrected chi connectivity index (χ1v) is 11.6. The molecule has 1 fully saturated rings. The van der Waals surface area contributed by atoms with Crippen LogP contribution in [0.25, 0.3) is 0 Å². The molecule has 1 aliphatic heterocycles. The maximum absolute atomic E-state index is 13.1. The second kappa shape index (κ2) is 9.46. The maximum atomic E-state index is 13.1. The van der Waals surface area contributed by atoms with Crippen molar-refractivity contribution in [3.8, 4) is 11.5 Å². The number of rotatable bonds is 6. The maximum Gasteiger partial charge on any atom is 0.243 e. The van der Waals surface area contributed by atoms with Crippen LogP contribution in [0.1, 0.15) is 12.8 Å². The molecule has 32 heavy (non-hydrogen) atoms. The lowest BCUT2D eigenvalue weighted by Gasteiger charge is -2.30. The Hall–Kier alpha value is -3.30. The summed E-state index contributed by atoms with van der Waals surface area (Å²) in [7, 11) is -3.70. The predicted octanol–water partition coefficient (Wildman–Crippen LogP) is 4.05. The first-order valence-electron chi connectivity index (χ1n) is 10.2. The summed E-state index contributed by atoms with van der Waals surface area (Å²) in [5.74, 6) is 0.373. The Kier molecular flexibility index (Phi) is 6.48. The minimum absolute atomic E-state index is 0.0517. The van der Waals surface area contributed by atoms with Crippen LogP contribution in [0.3, 0.4) is 0 Å². The largest absolute Gasteiger partial charge is 0.457 e. The second-order valence-electron chi connectivity index (χ2n) is 7.43. The molecule has 0 atom stereocenters. The number of ether oxygens (including phenoxy) is 1. The number of aromatic nitrogens is 1. The molecule has 0 aliphatic carbocycles. The molecule has 0 radical (unpaired) electrons. The summed E-state index contributed by atoms with van der Waals surface area (Å²) in [5.41, 5.74) is 0.637. The third-order valence-electron chi connectivity index (χ3n) is 5.28. The molecule has 9 heteroatoms. The number of pyridine rings is 1. The van der Waals surface area contributed by atoms with Gasteiger partial charge in [0.15, 0.2) is 0 Å². The average Bonchev–Trinajstić information content (AvgIpc) is 2.81. The number of halogens is 1. The van der Waals surface area contributed by atoms with Crippen molar-refractivity contribution in [3.05, 3.63) is 78.9 Å². The Balaban J connectivity index is 1.31. The van der Waals surface area contributed by atoms with Crippen LogP contribution in [-0.4, -0.2) is 36.7 Å². The van der Waals surface area contributed by atoms with E-state index in [0.29, 0.717) is 30.0 Å². The molecule has 1 N–H and O–H groups in total. The molecule has 1 aromatic heterocycles. The SMILES string of the molecule is O=C(Nc1ccc(Oc2ccncc2)cc1)C1CCN(S(=O)(=O)c2ccc(F)cc2)CC1. The summed E-state index contributed by atoms with van der Waals surface area (Å²) in [4.78, 5) is 16.6. The van der Waals surface area contributed by atoms with E-state index in [1.807, 2.05) is 0 Å². The predicted molar refractivity (Wildman–Crippen MR) is 117 cm³/mol. The van der Waals surface area contributed by atoms with Crippen LogP contribution in [0.2, 0.25) is 0 Å². The second-order valence-corrected chi connectivity index (χ2v) is 9.37. The number of hydrogen-bond donors (Lipinski definition) is 1. The van der Waals surface area contributed by atoms with Gasteiger partial charge in [-0.1, -0.05) is 0 Å². The molecule has 166 valence electrons. The van der Waals surface area contributed by atoms with E-state index in [2.05, 4.69) is 10.3 Å². The van der Waals surface area contributed by atoms with Crippen LogP contribution in [0.5, 0.6) is 11.5 Å². The lowest BCUT2D eigenvalue weighted by molar-refractivity contribution is -0.120. The molecule has 0 unspecified atom stereocenters. The number of carbonyl (C=O) groups is 1. The van der Waals surface area contributed by atoms with Gasteiger partial charge in [-0.15, -0.1) is 0 Å². The summed E-state index contributed by atoms with van der Waals surface area (Å²) in [5, 5.41) is 2.88. The van der Waals surface area contributed by atoms with E-state index in [1.54, 1.807) is 48.8 Å². The van der Waals surface area contributed by atoms with Gasteiger partial charge in [-0.2, -0.15) is 4.31 Å². The summed E-state index contributed by atoms with van der Waals surface area (Å²) in [6.07, 6.45) is 4.10. The molecule has 0 spiro atoms. The first kappa shape index (κ1) is 21.9. The van der Waals surface area contributed by atoms with Gasteiger partial charge < -0.3 is 10.1 Å². The smallest absolute Gasteiger partial charge is 0.243 e. The van der Waals surface area contributed by atoms with E-state index in [-0.39, 0.29) is 29.8 Å². The normalized spacial score (nSPS) is 15.3. The van der Waals surface area contributed by atoms with E-state index < -0.39 is 15.8 Å². The highest BCUT2D eigenvalue weighted by Crippen LogP contribution is 2.26. The van der Waals surface area contributed by atoms with Gasteiger partial charge in [0, 0.05) is 37.1 Å². The molecule has 0 saturated carbocycles. The molecular weight excluding hydrogens is 433 g/mol. The molecule has 1 amide bonds. The number of nitrogens with one attached hydrogen (secondary N) is 1. The molecule has 0 bridgehead atoms. The summed E-state index contributed by atoms with van der Waals surface area (Å²) in [6.45, 7) is 0.465. The van der Waals surface area contributed by atoms with Crippen LogP contribution in [0.15, 0.2) is 78.0 Å². The highest BCUT2D eigenvalue weighted by molar-refractivity contribution is 7.89. The number of piperidine rings is 1. The van der Waals surface area contributed by atoms with Crippen LogP contribution in [-0.2, 0) is 14.8 Å². The van der Waals surface area contributed by atoms with Gasteiger partial charge in [0.1, 0.15) is 17.3 Å². The fraction of sp³-hybridized carbons (Fsp3) is 0.217. The Morgan fingerprint density at radius 3 is 2.16 bits per heavy atom. The zero-order chi connectivity index (χ0) is 22.6. The number of nitrogens with zero attached hydrogens (tertiary/aromatic N) is 2. The Labute approximate surface area is 185 Å². The van der Waals surface area contributed by atoms with Crippen molar-refractivity contribution in [2.45, 2.75) is 17.7 Å². The number of carbonyl (C=O) groups excluding carboxylic acids is 1. The summed E-state index contributed by atoms with van der Waals surface area (Å²) < 4.78 is 45.6. The zero-order valence-corrected chi connectivity index (χ0v) is 18.0. The Morgan fingerprint density at radius 1 is 0.938 bits per heavy atom. The van der Waals surface area contributed by atoms with Gasteiger partial charge in [0.05, 0.1) is 4.90 Å². The lowest BCUT2D eigenvalue weighted by Crippen LogP contribution is -2.41. The van der Waals surface area contributed by atoms with Gasteiger partial charge in [-0.25, -0.2) is 12.8 Å². The first-order chi connectivity index (χ1) is 15.4. The number of benzene rings is 2. The third-order valence-corrected chi connectivity index (χ3v) is 7.20. The van der Waals surface area contributed by atoms with Crippen molar-refractivity contribution in [2.24, 2.45) is 5.92 Å². The molecule has 2 aromatic carbocycles. The van der Waals surface area contributed by atoms with Crippen molar-refractivity contribution in [3.63, 3.8) is 0 Å².